The molecule has 1 atom stereocenters. The zero-order valence-electron chi connectivity index (χ0n) is 15.3. The van der Waals surface area contributed by atoms with Gasteiger partial charge in [0.05, 0.1) is 30.5 Å². The third kappa shape index (κ3) is 4.17. The fourth-order valence-electron chi connectivity index (χ4n) is 3.53. The highest BCUT2D eigenvalue weighted by molar-refractivity contribution is 6.00. The van der Waals surface area contributed by atoms with Crippen molar-refractivity contribution in [1.29, 1.82) is 0 Å². The van der Waals surface area contributed by atoms with E-state index >= 15 is 0 Å². The molecule has 0 aliphatic carbocycles. The number of hydrogen-bond acceptors (Lipinski definition) is 3. The number of amides is 1. The van der Waals surface area contributed by atoms with Crippen molar-refractivity contribution >= 4 is 5.91 Å². The van der Waals surface area contributed by atoms with Crippen LogP contribution in [0.15, 0.2) is 60.9 Å². The Morgan fingerprint density at radius 3 is 2.52 bits per heavy atom. The van der Waals surface area contributed by atoms with Crippen molar-refractivity contribution in [2.75, 3.05) is 6.61 Å². The number of alkyl halides is 3. The maximum Gasteiger partial charge on any atom is 0.406 e. The summed E-state index contributed by atoms with van der Waals surface area (Å²) in [4.78, 5) is 16.3. The van der Waals surface area contributed by atoms with Gasteiger partial charge in [0.15, 0.2) is 0 Å². The molecule has 0 saturated heterocycles. The lowest BCUT2D eigenvalue weighted by atomic mass is 10.2. The SMILES string of the molecule is O=C1NC(COCc2ccccc2)c2c1cc(-c1ccncc1)n2CC(F)(F)F. The van der Waals surface area contributed by atoms with Crippen LogP contribution in [0.2, 0.25) is 0 Å². The van der Waals surface area contributed by atoms with Gasteiger partial charge < -0.3 is 14.6 Å². The second-order valence-electron chi connectivity index (χ2n) is 6.79. The molecule has 150 valence electrons. The van der Waals surface area contributed by atoms with Gasteiger partial charge in [0.1, 0.15) is 6.54 Å². The van der Waals surface area contributed by atoms with Gasteiger partial charge in [-0.05, 0) is 23.8 Å². The third-order valence-electron chi connectivity index (χ3n) is 4.73. The van der Waals surface area contributed by atoms with E-state index in [4.69, 9.17) is 4.74 Å². The van der Waals surface area contributed by atoms with Crippen molar-refractivity contribution in [3.63, 3.8) is 0 Å². The molecule has 1 unspecified atom stereocenters. The number of benzene rings is 1. The number of carbonyl (C=O) groups is 1. The van der Waals surface area contributed by atoms with E-state index in [0.29, 0.717) is 23.6 Å². The number of nitrogens with one attached hydrogen (secondary N) is 1. The first-order valence-electron chi connectivity index (χ1n) is 9.05. The van der Waals surface area contributed by atoms with Crippen LogP contribution in [0, 0.1) is 0 Å². The minimum atomic E-state index is -4.43. The molecular weight excluding hydrogens is 383 g/mol. The quantitative estimate of drug-likeness (QED) is 0.676. The van der Waals surface area contributed by atoms with E-state index in [1.54, 1.807) is 12.1 Å². The van der Waals surface area contributed by atoms with Gasteiger partial charge in [-0.2, -0.15) is 13.2 Å². The number of fused-ring (bicyclic) bond motifs is 1. The van der Waals surface area contributed by atoms with Crippen LogP contribution in [-0.4, -0.2) is 28.2 Å². The number of carbonyl (C=O) groups excluding carboxylic acids is 1. The molecule has 0 radical (unpaired) electrons. The topological polar surface area (TPSA) is 56.1 Å². The first kappa shape index (κ1) is 19.2. The van der Waals surface area contributed by atoms with Crippen LogP contribution in [0.1, 0.15) is 27.7 Å². The van der Waals surface area contributed by atoms with Gasteiger partial charge in [0.2, 0.25) is 0 Å². The zero-order valence-corrected chi connectivity index (χ0v) is 15.3. The molecular formula is C21H18F3N3O2. The number of aromatic nitrogens is 2. The summed E-state index contributed by atoms with van der Waals surface area (Å²) >= 11 is 0. The summed E-state index contributed by atoms with van der Waals surface area (Å²) in [5, 5.41) is 2.73. The molecule has 0 saturated carbocycles. The van der Waals surface area contributed by atoms with E-state index in [0.717, 1.165) is 10.1 Å². The van der Waals surface area contributed by atoms with E-state index in [1.807, 2.05) is 30.3 Å². The Bertz CT molecular complexity index is 1000. The van der Waals surface area contributed by atoms with Crippen molar-refractivity contribution in [1.82, 2.24) is 14.9 Å². The van der Waals surface area contributed by atoms with E-state index in [-0.39, 0.29) is 12.2 Å². The Morgan fingerprint density at radius 1 is 1.10 bits per heavy atom. The zero-order chi connectivity index (χ0) is 20.4. The minimum absolute atomic E-state index is 0.0747. The van der Waals surface area contributed by atoms with Gasteiger partial charge in [-0.25, -0.2) is 0 Å². The molecule has 3 heterocycles. The molecule has 0 spiro atoms. The molecule has 1 aromatic carbocycles. The van der Waals surface area contributed by atoms with Crippen LogP contribution in [0.5, 0.6) is 0 Å². The summed E-state index contributed by atoms with van der Waals surface area (Å²) in [5.74, 6) is -0.399. The van der Waals surface area contributed by atoms with Gasteiger partial charge in [0.25, 0.3) is 5.91 Å². The smallest absolute Gasteiger partial charge is 0.374 e. The first-order valence-corrected chi connectivity index (χ1v) is 9.05. The van der Waals surface area contributed by atoms with Gasteiger partial charge in [0, 0.05) is 23.7 Å². The summed E-state index contributed by atoms with van der Waals surface area (Å²) in [6.07, 6.45) is -1.42. The summed E-state index contributed by atoms with van der Waals surface area (Å²) in [6.45, 7) is -0.810. The normalized spacial score (nSPS) is 16.0. The van der Waals surface area contributed by atoms with Crippen LogP contribution in [0.25, 0.3) is 11.3 Å². The molecule has 8 heteroatoms. The van der Waals surface area contributed by atoms with Crippen LogP contribution in [-0.2, 0) is 17.9 Å². The standard InChI is InChI=1S/C21H18F3N3O2/c22-21(23,24)13-27-18(15-6-8-25-9-7-15)10-16-19(27)17(26-20(16)28)12-29-11-14-4-2-1-3-5-14/h1-10,17H,11-13H2,(H,26,28). The molecule has 1 aliphatic heterocycles. The van der Waals surface area contributed by atoms with Gasteiger partial charge in [-0.15, -0.1) is 0 Å². The molecule has 2 aromatic heterocycles. The second-order valence-corrected chi connectivity index (χ2v) is 6.79. The molecule has 4 rings (SSSR count). The van der Waals surface area contributed by atoms with Crippen molar-refractivity contribution in [2.45, 2.75) is 25.4 Å². The summed E-state index contributed by atoms with van der Waals surface area (Å²) in [5.41, 5.74) is 2.38. The summed E-state index contributed by atoms with van der Waals surface area (Å²) in [7, 11) is 0. The lowest BCUT2D eigenvalue weighted by Crippen LogP contribution is -2.27. The minimum Gasteiger partial charge on any atom is -0.374 e. The predicted molar refractivity (Wildman–Crippen MR) is 100 cm³/mol. The van der Waals surface area contributed by atoms with E-state index in [1.165, 1.54) is 18.5 Å². The maximum absolute atomic E-state index is 13.3. The Hall–Kier alpha value is -3.13. The van der Waals surface area contributed by atoms with E-state index in [2.05, 4.69) is 10.3 Å². The average Bonchev–Trinajstić information content (AvgIpc) is 3.21. The second kappa shape index (κ2) is 7.71. The summed E-state index contributed by atoms with van der Waals surface area (Å²) in [6, 6.07) is 13.5. The maximum atomic E-state index is 13.3. The Balaban J connectivity index is 1.64. The molecule has 1 N–H and O–H groups in total. The molecule has 5 nitrogen and oxygen atoms in total. The molecule has 29 heavy (non-hydrogen) atoms. The fourth-order valence-corrected chi connectivity index (χ4v) is 3.53. The van der Waals surface area contributed by atoms with Crippen molar-refractivity contribution < 1.29 is 22.7 Å². The summed E-state index contributed by atoms with van der Waals surface area (Å²) < 4.78 is 46.8. The Labute approximate surface area is 165 Å². The van der Waals surface area contributed by atoms with Gasteiger partial charge in [-0.1, -0.05) is 30.3 Å². The van der Waals surface area contributed by atoms with Gasteiger partial charge in [-0.3, -0.25) is 9.78 Å². The highest BCUT2D eigenvalue weighted by Crippen LogP contribution is 2.36. The lowest BCUT2D eigenvalue weighted by Gasteiger charge is -2.19. The highest BCUT2D eigenvalue weighted by Gasteiger charge is 2.38. The first-order chi connectivity index (χ1) is 13.9. The van der Waals surface area contributed by atoms with Crippen molar-refractivity contribution in [3.05, 3.63) is 77.7 Å². The number of halogens is 3. The average molecular weight is 401 g/mol. The number of pyridine rings is 1. The Kier molecular flexibility index (Phi) is 5.10. The van der Waals surface area contributed by atoms with Crippen molar-refractivity contribution in [3.8, 4) is 11.3 Å². The van der Waals surface area contributed by atoms with Crippen LogP contribution in [0.3, 0.4) is 0 Å². The van der Waals surface area contributed by atoms with E-state index in [9.17, 15) is 18.0 Å². The highest BCUT2D eigenvalue weighted by atomic mass is 19.4. The predicted octanol–water partition coefficient (Wildman–Crippen LogP) is 4.11. The van der Waals surface area contributed by atoms with Crippen LogP contribution >= 0.6 is 0 Å². The molecule has 1 aliphatic rings. The van der Waals surface area contributed by atoms with E-state index < -0.39 is 24.7 Å². The van der Waals surface area contributed by atoms with Crippen LogP contribution in [0.4, 0.5) is 13.2 Å². The molecule has 0 fully saturated rings. The monoisotopic (exact) mass is 401 g/mol. The lowest BCUT2D eigenvalue weighted by molar-refractivity contribution is -0.140. The fraction of sp³-hybridized carbons (Fsp3) is 0.238. The van der Waals surface area contributed by atoms with Gasteiger partial charge >= 0.3 is 6.18 Å². The number of nitrogens with zero attached hydrogens (tertiary/aromatic N) is 2. The third-order valence-corrected chi connectivity index (χ3v) is 4.73. The number of ether oxygens (including phenoxy) is 1. The molecule has 0 bridgehead atoms. The molecule has 1 amide bonds. The number of rotatable bonds is 6. The molecule has 3 aromatic rings. The largest absolute Gasteiger partial charge is 0.406 e. The number of hydrogen-bond donors (Lipinski definition) is 1. The Morgan fingerprint density at radius 2 is 1.83 bits per heavy atom. The van der Waals surface area contributed by atoms with Crippen LogP contribution < -0.4 is 5.32 Å². The van der Waals surface area contributed by atoms with Crippen molar-refractivity contribution in [2.24, 2.45) is 0 Å².